The van der Waals surface area contributed by atoms with E-state index >= 15 is 0 Å². The topological polar surface area (TPSA) is 88.4 Å². The van der Waals surface area contributed by atoms with Gasteiger partial charge in [0.05, 0.1) is 33.7 Å². The van der Waals surface area contributed by atoms with Crippen molar-refractivity contribution in [1.82, 2.24) is 19.4 Å². The van der Waals surface area contributed by atoms with E-state index in [9.17, 15) is 17.6 Å². The summed E-state index contributed by atoms with van der Waals surface area (Å²) in [5.41, 5.74) is 2.79. The van der Waals surface area contributed by atoms with Crippen LogP contribution in [0.5, 0.6) is 0 Å². The lowest BCUT2D eigenvalue weighted by atomic mass is 10.2. The number of rotatable bonds is 7. The summed E-state index contributed by atoms with van der Waals surface area (Å²) in [6.07, 6.45) is 4.91. The highest BCUT2D eigenvalue weighted by Gasteiger charge is 2.26. The number of hydrogen-bond donors (Lipinski definition) is 0. The fraction of sp³-hybridized carbons (Fsp3) is 0.320. The highest BCUT2D eigenvalue weighted by atomic mass is 32.2. The highest BCUT2D eigenvalue weighted by Crippen LogP contribution is 2.30. The van der Waals surface area contributed by atoms with Crippen LogP contribution in [-0.2, 0) is 9.84 Å². The SMILES string of the molecule is CN(CCS(C)(=O)=O)[C@@H]1CCN(c2ccc(-n3cnc4cc(-c5ccc(F)cn5)sc4c3=O)cc2)C1. The molecule has 0 amide bonds. The van der Waals surface area contributed by atoms with Gasteiger partial charge in [0.2, 0.25) is 0 Å². The van der Waals surface area contributed by atoms with E-state index in [1.165, 1.54) is 34.6 Å². The standard InChI is InChI=1S/C25H26FN5O3S2/c1-29(11-12-36(2,33)34)20-9-10-30(15-20)18-4-6-19(7-5-18)31-16-28-22-13-23(35-24(22)25(31)32)21-8-3-17(26)14-27-21/h3-8,13-14,16,20H,9-12,15H2,1-2H3/t20-/m1/s1. The number of benzene rings is 1. The van der Waals surface area contributed by atoms with Crippen LogP contribution in [0.25, 0.3) is 26.5 Å². The molecule has 5 rings (SSSR count). The summed E-state index contributed by atoms with van der Waals surface area (Å²) in [6.45, 7) is 2.23. The molecule has 3 aromatic heterocycles. The van der Waals surface area contributed by atoms with Crippen LogP contribution in [0.4, 0.5) is 10.1 Å². The number of sulfone groups is 1. The average Bonchev–Trinajstić information content (AvgIpc) is 3.51. The number of halogens is 1. The normalized spacial score (nSPS) is 16.3. The van der Waals surface area contributed by atoms with Gasteiger partial charge in [-0.05, 0) is 55.9 Å². The van der Waals surface area contributed by atoms with Crippen LogP contribution in [0.2, 0.25) is 0 Å². The van der Waals surface area contributed by atoms with Crippen LogP contribution in [0.3, 0.4) is 0 Å². The Morgan fingerprint density at radius 1 is 1.14 bits per heavy atom. The number of anilines is 1. The molecule has 1 aliphatic rings. The quantitative estimate of drug-likeness (QED) is 0.365. The first-order chi connectivity index (χ1) is 17.2. The third kappa shape index (κ3) is 5.18. The number of pyridine rings is 1. The lowest BCUT2D eigenvalue weighted by molar-refractivity contribution is 0.273. The zero-order chi connectivity index (χ0) is 25.4. The monoisotopic (exact) mass is 527 g/mol. The summed E-state index contributed by atoms with van der Waals surface area (Å²) in [7, 11) is -1.01. The second-order valence-corrected chi connectivity index (χ2v) is 12.4. The molecule has 0 aliphatic carbocycles. The predicted octanol–water partition coefficient (Wildman–Crippen LogP) is 3.20. The van der Waals surface area contributed by atoms with E-state index in [4.69, 9.17) is 0 Å². The van der Waals surface area contributed by atoms with E-state index in [0.29, 0.717) is 34.2 Å². The number of nitrogens with zero attached hydrogens (tertiary/aromatic N) is 5. The Morgan fingerprint density at radius 3 is 2.58 bits per heavy atom. The summed E-state index contributed by atoms with van der Waals surface area (Å²) in [4.78, 5) is 26.9. The number of thiophene rings is 1. The van der Waals surface area contributed by atoms with Gasteiger partial charge in [-0.25, -0.2) is 17.8 Å². The minimum atomic E-state index is -2.98. The molecule has 1 aromatic carbocycles. The van der Waals surface area contributed by atoms with E-state index < -0.39 is 15.7 Å². The van der Waals surface area contributed by atoms with Gasteiger partial charge in [-0.15, -0.1) is 11.3 Å². The Hall–Kier alpha value is -3.15. The van der Waals surface area contributed by atoms with Crippen molar-refractivity contribution >= 4 is 37.1 Å². The molecule has 0 bridgehead atoms. The van der Waals surface area contributed by atoms with Gasteiger partial charge in [0, 0.05) is 37.6 Å². The van der Waals surface area contributed by atoms with Crippen molar-refractivity contribution in [3.05, 3.63) is 71.2 Å². The highest BCUT2D eigenvalue weighted by molar-refractivity contribution is 7.90. The number of likely N-dealkylation sites (N-methyl/N-ethyl adjacent to an activating group) is 1. The van der Waals surface area contributed by atoms with Crippen molar-refractivity contribution in [2.75, 3.05) is 43.6 Å². The van der Waals surface area contributed by atoms with Crippen LogP contribution in [0.15, 0.2) is 59.8 Å². The number of hydrogen-bond acceptors (Lipinski definition) is 8. The summed E-state index contributed by atoms with van der Waals surface area (Å²) in [5, 5.41) is 0. The zero-order valence-electron chi connectivity index (χ0n) is 20.0. The Balaban J connectivity index is 1.32. The van der Waals surface area contributed by atoms with Crippen molar-refractivity contribution in [2.45, 2.75) is 12.5 Å². The maximum atomic E-state index is 13.2. The minimum Gasteiger partial charge on any atom is -0.370 e. The lowest BCUT2D eigenvalue weighted by Crippen LogP contribution is -2.37. The lowest BCUT2D eigenvalue weighted by Gasteiger charge is -2.25. The molecule has 1 saturated heterocycles. The fourth-order valence-corrected chi connectivity index (χ4v) is 6.03. The van der Waals surface area contributed by atoms with Gasteiger partial charge in [0.15, 0.2) is 0 Å². The van der Waals surface area contributed by atoms with Crippen LogP contribution in [0.1, 0.15) is 6.42 Å². The van der Waals surface area contributed by atoms with Gasteiger partial charge in [-0.2, -0.15) is 0 Å². The van der Waals surface area contributed by atoms with Crippen molar-refractivity contribution in [3.63, 3.8) is 0 Å². The molecule has 1 atom stereocenters. The van der Waals surface area contributed by atoms with Gasteiger partial charge in [0.1, 0.15) is 26.7 Å². The van der Waals surface area contributed by atoms with Crippen molar-refractivity contribution in [1.29, 1.82) is 0 Å². The smallest absolute Gasteiger partial charge is 0.275 e. The van der Waals surface area contributed by atoms with Gasteiger partial charge in [0.25, 0.3) is 5.56 Å². The first-order valence-corrected chi connectivity index (χ1v) is 14.4. The molecule has 11 heteroatoms. The summed E-state index contributed by atoms with van der Waals surface area (Å²) in [5.74, 6) is -0.249. The van der Waals surface area contributed by atoms with Gasteiger partial charge < -0.3 is 9.80 Å². The summed E-state index contributed by atoms with van der Waals surface area (Å²) < 4.78 is 38.2. The fourth-order valence-electron chi connectivity index (χ4n) is 4.40. The molecule has 1 fully saturated rings. The molecule has 4 heterocycles. The second kappa shape index (κ2) is 9.72. The third-order valence-electron chi connectivity index (χ3n) is 6.51. The molecule has 0 spiro atoms. The molecule has 4 aromatic rings. The van der Waals surface area contributed by atoms with Crippen LogP contribution in [0, 0.1) is 5.82 Å². The molecule has 8 nitrogen and oxygen atoms in total. The molecule has 0 unspecified atom stereocenters. The first kappa shape index (κ1) is 24.5. The molecule has 36 heavy (non-hydrogen) atoms. The van der Waals surface area contributed by atoms with E-state index in [0.717, 1.165) is 36.3 Å². The Bertz CT molecular complexity index is 1550. The zero-order valence-corrected chi connectivity index (χ0v) is 21.6. The first-order valence-electron chi connectivity index (χ1n) is 11.5. The largest absolute Gasteiger partial charge is 0.370 e. The van der Waals surface area contributed by atoms with E-state index in [2.05, 4.69) is 19.8 Å². The predicted molar refractivity (Wildman–Crippen MR) is 141 cm³/mol. The van der Waals surface area contributed by atoms with E-state index in [-0.39, 0.29) is 11.3 Å². The molecule has 0 N–H and O–H groups in total. The Kier molecular flexibility index (Phi) is 6.62. The van der Waals surface area contributed by atoms with Crippen molar-refractivity contribution in [3.8, 4) is 16.3 Å². The van der Waals surface area contributed by atoms with Gasteiger partial charge in [-0.3, -0.25) is 14.3 Å². The maximum Gasteiger partial charge on any atom is 0.275 e. The second-order valence-electron chi connectivity index (χ2n) is 9.12. The van der Waals surface area contributed by atoms with E-state index in [1.54, 1.807) is 12.1 Å². The maximum absolute atomic E-state index is 13.2. The van der Waals surface area contributed by atoms with Crippen LogP contribution in [-0.4, -0.2) is 72.6 Å². The molecule has 0 radical (unpaired) electrons. The van der Waals surface area contributed by atoms with Gasteiger partial charge >= 0.3 is 0 Å². The summed E-state index contributed by atoms with van der Waals surface area (Å²) >= 11 is 1.29. The van der Waals surface area contributed by atoms with E-state index in [1.807, 2.05) is 31.3 Å². The van der Waals surface area contributed by atoms with Crippen molar-refractivity contribution in [2.24, 2.45) is 0 Å². The molecular formula is C25H26FN5O3S2. The van der Waals surface area contributed by atoms with Gasteiger partial charge in [-0.1, -0.05) is 0 Å². The Morgan fingerprint density at radius 2 is 1.89 bits per heavy atom. The molecule has 0 saturated carbocycles. The van der Waals surface area contributed by atoms with Crippen molar-refractivity contribution < 1.29 is 12.8 Å². The average molecular weight is 528 g/mol. The minimum absolute atomic E-state index is 0.161. The molecule has 1 aliphatic heterocycles. The number of aromatic nitrogens is 3. The Labute approximate surface area is 212 Å². The summed E-state index contributed by atoms with van der Waals surface area (Å²) in [6, 6.07) is 12.8. The molecular weight excluding hydrogens is 501 g/mol. The van der Waals surface area contributed by atoms with Crippen LogP contribution < -0.4 is 10.5 Å². The van der Waals surface area contributed by atoms with Crippen LogP contribution >= 0.6 is 11.3 Å². The third-order valence-corrected chi connectivity index (χ3v) is 8.57. The number of fused-ring (bicyclic) bond motifs is 1. The molecule has 188 valence electrons.